The predicted molar refractivity (Wildman–Crippen MR) is 153 cm³/mol. The van der Waals surface area contributed by atoms with Gasteiger partial charge in [0.2, 0.25) is 5.95 Å². The predicted octanol–water partition coefficient (Wildman–Crippen LogP) is 5.35. The number of nitriles is 1. The van der Waals surface area contributed by atoms with Gasteiger partial charge in [-0.25, -0.2) is 14.6 Å². The molecule has 3 N–H and O–H groups in total. The summed E-state index contributed by atoms with van der Waals surface area (Å²) in [5.41, 5.74) is 4.74. The quantitative estimate of drug-likeness (QED) is 0.315. The Morgan fingerprint density at radius 2 is 2.05 bits per heavy atom. The number of nitrogens with zero attached hydrogens (tertiary/aromatic N) is 5. The molecule has 0 radical (unpaired) electrons. The third-order valence-electron chi connectivity index (χ3n) is 7.74. The summed E-state index contributed by atoms with van der Waals surface area (Å²) < 4.78 is 8.45. The molecule has 1 aliphatic rings. The Kier molecular flexibility index (Phi) is 7.66. The van der Waals surface area contributed by atoms with E-state index < -0.39 is 8.32 Å². The van der Waals surface area contributed by atoms with Gasteiger partial charge in [-0.05, 0) is 55.2 Å². The number of nitrogens with one attached hydrogen (secondary N) is 2. The first-order valence-electron chi connectivity index (χ1n) is 13.1. The second-order valence-corrected chi connectivity index (χ2v) is 16.7. The molecule has 0 unspecified atom stereocenters. The van der Waals surface area contributed by atoms with Crippen LogP contribution in [0.4, 0.5) is 17.5 Å². The van der Waals surface area contributed by atoms with Crippen LogP contribution in [0.3, 0.4) is 0 Å². The molecule has 38 heavy (non-hydrogen) atoms. The highest BCUT2D eigenvalue weighted by Crippen LogP contribution is 2.44. The average Bonchev–Trinajstić information content (AvgIpc) is 3.39. The van der Waals surface area contributed by atoms with E-state index in [-0.39, 0.29) is 17.1 Å². The van der Waals surface area contributed by atoms with Crippen molar-refractivity contribution in [1.82, 2.24) is 19.7 Å². The van der Waals surface area contributed by atoms with Gasteiger partial charge < -0.3 is 20.2 Å². The molecule has 1 atom stereocenters. The van der Waals surface area contributed by atoms with E-state index in [9.17, 15) is 10.4 Å². The first kappa shape index (κ1) is 27.8. The van der Waals surface area contributed by atoms with Crippen molar-refractivity contribution >= 4 is 25.8 Å². The van der Waals surface area contributed by atoms with Crippen LogP contribution in [0, 0.1) is 18.3 Å². The van der Waals surface area contributed by atoms with Gasteiger partial charge in [0, 0.05) is 49.5 Å². The van der Waals surface area contributed by atoms with Crippen LogP contribution >= 0.6 is 0 Å². The van der Waals surface area contributed by atoms with Crippen molar-refractivity contribution in [3.05, 3.63) is 47.3 Å². The van der Waals surface area contributed by atoms with E-state index in [2.05, 4.69) is 73.6 Å². The summed E-state index contributed by atoms with van der Waals surface area (Å²) in [5, 5.41) is 30.5. The molecule has 0 amide bonds. The molecule has 0 spiro atoms. The summed E-state index contributed by atoms with van der Waals surface area (Å²) in [4.78, 5) is 9.18. The Labute approximate surface area is 226 Å². The standard InChI is InChI=1S/C28H39N7O2Si/c1-19-13-24(35(34-19)11-8-12-36)33-26-30-10-9-23(32-26)20-14-21(16-29)25-22(15-20)28(5,17-31-25)18-37-38(6,7)27(2,3)4/h9-10,13-15,31,36H,8,11-12,17-18H2,1-7H3,(H,30,32,33)/t28-/m1/s1. The molecule has 0 aliphatic carbocycles. The Bertz CT molecular complexity index is 1360. The first-order valence-corrected chi connectivity index (χ1v) is 16.0. The topological polar surface area (TPSA) is 121 Å². The summed E-state index contributed by atoms with van der Waals surface area (Å²) in [7, 11) is -1.94. The van der Waals surface area contributed by atoms with Gasteiger partial charge in [-0.1, -0.05) is 27.7 Å². The number of anilines is 3. The molecule has 0 saturated carbocycles. The zero-order valence-electron chi connectivity index (χ0n) is 23.5. The summed E-state index contributed by atoms with van der Waals surface area (Å²) in [6, 6.07) is 10.2. The molecule has 9 nitrogen and oxygen atoms in total. The van der Waals surface area contributed by atoms with Crippen LogP contribution in [0.15, 0.2) is 30.5 Å². The van der Waals surface area contributed by atoms with E-state index in [0.29, 0.717) is 37.6 Å². The van der Waals surface area contributed by atoms with Crippen LogP contribution in [-0.4, -0.2) is 52.9 Å². The fraction of sp³-hybridized carbons (Fsp3) is 0.500. The van der Waals surface area contributed by atoms with Gasteiger partial charge in [-0.15, -0.1) is 0 Å². The number of hydrogen-bond acceptors (Lipinski definition) is 8. The van der Waals surface area contributed by atoms with Gasteiger partial charge in [0.25, 0.3) is 0 Å². The number of benzene rings is 1. The van der Waals surface area contributed by atoms with Crippen molar-refractivity contribution in [3.8, 4) is 17.3 Å². The molecule has 202 valence electrons. The van der Waals surface area contributed by atoms with Crippen molar-refractivity contribution in [2.24, 2.45) is 0 Å². The Balaban J connectivity index is 1.65. The molecular weight excluding hydrogens is 494 g/mol. The molecule has 10 heteroatoms. The lowest BCUT2D eigenvalue weighted by Gasteiger charge is -2.39. The normalized spacial score (nSPS) is 17.1. The zero-order chi connectivity index (χ0) is 27.7. The van der Waals surface area contributed by atoms with Crippen LogP contribution in [0.25, 0.3) is 11.3 Å². The lowest BCUT2D eigenvalue weighted by molar-refractivity contribution is 0.220. The number of aliphatic hydroxyl groups excluding tert-OH is 1. The number of aromatic nitrogens is 4. The van der Waals surface area contributed by atoms with E-state index in [1.54, 1.807) is 6.20 Å². The number of hydrogen-bond donors (Lipinski definition) is 3. The molecule has 0 fully saturated rings. The Hall–Kier alpha value is -3.26. The monoisotopic (exact) mass is 533 g/mol. The number of rotatable bonds is 9. The maximum Gasteiger partial charge on any atom is 0.228 e. The number of aryl methyl sites for hydroxylation is 2. The van der Waals surface area contributed by atoms with E-state index in [0.717, 1.165) is 34.0 Å². The van der Waals surface area contributed by atoms with E-state index in [1.165, 1.54) is 0 Å². The third kappa shape index (κ3) is 5.60. The van der Waals surface area contributed by atoms with Crippen LogP contribution in [0.2, 0.25) is 18.1 Å². The van der Waals surface area contributed by atoms with Crippen molar-refractivity contribution in [3.63, 3.8) is 0 Å². The van der Waals surface area contributed by atoms with Crippen LogP contribution in [-0.2, 0) is 16.4 Å². The highest BCUT2D eigenvalue weighted by Gasteiger charge is 2.42. The largest absolute Gasteiger partial charge is 0.416 e. The first-order chi connectivity index (χ1) is 17.9. The average molecular weight is 534 g/mol. The van der Waals surface area contributed by atoms with Gasteiger partial charge >= 0.3 is 0 Å². The van der Waals surface area contributed by atoms with Gasteiger partial charge in [0.1, 0.15) is 11.9 Å². The van der Waals surface area contributed by atoms with Crippen LogP contribution < -0.4 is 10.6 Å². The van der Waals surface area contributed by atoms with Crippen LogP contribution in [0.1, 0.15) is 50.9 Å². The molecule has 1 aromatic carbocycles. The molecule has 2 aromatic heterocycles. The van der Waals surface area contributed by atoms with Gasteiger partial charge in [0.15, 0.2) is 8.32 Å². The minimum Gasteiger partial charge on any atom is -0.416 e. The second-order valence-electron chi connectivity index (χ2n) is 11.9. The minimum atomic E-state index is -1.94. The molecule has 3 heterocycles. The third-order valence-corrected chi connectivity index (χ3v) is 12.2. The minimum absolute atomic E-state index is 0.0958. The summed E-state index contributed by atoms with van der Waals surface area (Å²) >= 11 is 0. The smallest absolute Gasteiger partial charge is 0.228 e. The fourth-order valence-corrected chi connectivity index (χ4v) is 5.45. The van der Waals surface area contributed by atoms with E-state index in [1.807, 2.05) is 29.8 Å². The van der Waals surface area contributed by atoms with Gasteiger partial charge in [-0.3, -0.25) is 0 Å². The van der Waals surface area contributed by atoms with E-state index >= 15 is 0 Å². The summed E-state index contributed by atoms with van der Waals surface area (Å²) in [6.07, 6.45) is 2.32. The maximum absolute atomic E-state index is 9.98. The maximum atomic E-state index is 9.98. The fourth-order valence-electron chi connectivity index (χ4n) is 4.34. The highest BCUT2D eigenvalue weighted by atomic mass is 28.4. The summed E-state index contributed by atoms with van der Waals surface area (Å²) in [6.45, 7) is 17.4. The summed E-state index contributed by atoms with van der Waals surface area (Å²) in [5.74, 6) is 1.20. The molecule has 4 rings (SSSR count). The highest BCUT2D eigenvalue weighted by molar-refractivity contribution is 6.74. The molecular formula is C28H39N7O2Si. The molecule has 0 saturated heterocycles. The lowest BCUT2D eigenvalue weighted by atomic mass is 9.83. The van der Waals surface area contributed by atoms with Crippen molar-refractivity contribution < 1.29 is 9.53 Å². The van der Waals surface area contributed by atoms with Crippen molar-refractivity contribution in [2.75, 3.05) is 30.4 Å². The van der Waals surface area contributed by atoms with Gasteiger partial charge in [-0.2, -0.15) is 10.4 Å². The Morgan fingerprint density at radius 1 is 1.29 bits per heavy atom. The zero-order valence-corrected chi connectivity index (χ0v) is 24.5. The van der Waals surface area contributed by atoms with Crippen molar-refractivity contribution in [1.29, 1.82) is 5.26 Å². The lowest BCUT2D eigenvalue weighted by Crippen LogP contribution is -2.45. The van der Waals surface area contributed by atoms with E-state index in [4.69, 9.17) is 9.41 Å². The molecule has 0 bridgehead atoms. The van der Waals surface area contributed by atoms with Gasteiger partial charge in [0.05, 0.1) is 22.6 Å². The molecule has 3 aromatic rings. The van der Waals surface area contributed by atoms with Crippen LogP contribution in [0.5, 0.6) is 0 Å². The molecule has 1 aliphatic heterocycles. The number of aliphatic hydroxyl groups is 1. The van der Waals surface area contributed by atoms with Crippen molar-refractivity contribution in [2.45, 2.75) is 71.1 Å². The Morgan fingerprint density at radius 3 is 2.74 bits per heavy atom. The second kappa shape index (κ2) is 10.5. The SMILES string of the molecule is Cc1cc(Nc2nccc(-c3cc(C#N)c4c(c3)[C@@](C)(CO[Si](C)(C)C(C)(C)C)CN4)n2)n(CCCO)n1. The number of fused-ring (bicyclic) bond motifs is 1.